The number of benzene rings is 2. The Kier molecular flexibility index (Phi) is 9.39. The minimum atomic E-state index is -0.905. The minimum Gasteiger partial charge on any atom is -0.462 e. The van der Waals surface area contributed by atoms with Crippen LogP contribution < -0.4 is 0 Å². The molecule has 2 aromatic rings. The number of ether oxygens (including phenoxy) is 2. The van der Waals surface area contributed by atoms with Crippen LogP contribution >= 0.6 is 0 Å². The summed E-state index contributed by atoms with van der Waals surface area (Å²) >= 11 is 0. The molecule has 0 saturated carbocycles. The van der Waals surface area contributed by atoms with Gasteiger partial charge in [0.1, 0.15) is 0 Å². The highest BCUT2D eigenvalue weighted by Crippen LogP contribution is 2.04. The molecule has 8 heteroatoms. The van der Waals surface area contributed by atoms with E-state index < -0.39 is 35.1 Å². The maximum atomic E-state index is 11.9. The van der Waals surface area contributed by atoms with Crippen molar-refractivity contribution in [3.05, 3.63) is 83.9 Å². The smallest absolute Gasteiger partial charge is 0.331 e. The minimum absolute atomic E-state index is 0.246. The maximum Gasteiger partial charge on any atom is 0.331 e. The summed E-state index contributed by atoms with van der Waals surface area (Å²) in [4.78, 5) is 70.6. The van der Waals surface area contributed by atoms with Gasteiger partial charge in [-0.25, -0.2) is 9.59 Å². The van der Waals surface area contributed by atoms with E-state index in [-0.39, 0.29) is 37.2 Å². The van der Waals surface area contributed by atoms with E-state index in [0.29, 0.717) is 0 Å². The van der Waals surface area contributed by atoms with Crippen LogP contribution in [0.4, 0.5) is 0 Å². The number of carbonyl (C=O) groups excluding carboxylic acids is 6. The van der Waals surface area contributed by atoms with Crippen molar-refractivity contribution < 1.29 is 38.2 Å². The second-order valence-electron chi connectivity index (χ2n) is 6.40. The van der Waals surface area contributed by atoms with Crippen LogP contribution in [0.2, 0.25) is 0 Å². The van der Waals surface area contributed by atoms with Crippen molar-refractivity contribution in [2.24, 2.45) is 0 Å². The van der Waals surface area contributed by atoms with E-state index in [9.17, 15) is 28.8 Å². The molecule has 0 radical (unpaired) electrons. The standard InChI is InChI=1S/C24H20O8/c25-19(23(29)17-7-3-1-4-8-17)13-15-31-21(27)11-12-22(28)32-16-14-20(26)24(30)18-9-5-2-6-10-18/h1-12H,13-16H2/b12-11+. The fourth-order valence-corrected chi connectivity index (χ4v) is 2.45. The van der Waals surface area contributed by atoms with E-state index in [1.165, 1.54) is 24.3 Å². The maximum absolute atomic E-state index is 11.9. The first-order chi connectivity index (χ1) is 15.4. The number of ketones is 4. The van der Waals surface area contributed by atoms with Crippen LogP contribution in [0, 0.1) is 0 Å². The molecule has 0 fully saturated rings. The van der Waals surface area contributed by atoms with Crippen molar-refractivity contribution in [1.29, 1.82) is 0 Å². The molecule has 0 N–H and O–H groups in total. The summed E-state index contributed by atoms with van der Waals surface area (Å²) in [6, 6.07) is 16.0. The van der Waals surface area contributed by atoms with Crippen molar-refractivity contribution in [2.75, 3.05) is 13.2 Å². The molecule has 0 heterocycles. The van der Waals surface area contributed by atoms with Gasteiger partial charge in [-0.3, -0.25) is 19.2 Å². The van der Waals surface area contributed by atoms with Gasteiger partial charge in [0.25, 0.3) is 0 Å². The van der Waals surface area contributed by atoms with Crippen LogP contribution in [0.5, 0.6) is 0 Å². The molecule has 8 nitrogen and oxygen atoms in total. The average molecular weight is 436 g/mol. The lowest BCUT2D eigenvalue weighted by Crippen LogP contribution is -2.17. The first kappa shape index (κ1) is 24.1. The van der Waals surface area contributed by atoms with Crippen LogP contribution in [-0.2, 0) is 28.7 Å². The zero-order valence-corrected chi connectivity index (χ0v) is 17.0. The lowest BCUT2D eigenvalue weighted by Gasteiger charge is -2.03. The van der Waals surface area contributed by atoms with E-state index in [0.717, 1.165) is 12.2 Å². The normalized spacial score (nSPS) is 10.4. The summed E-state index contributed by atoms with van der Waals surface area (Å²) in [5, 5.41) is 0. The zero-order valence-electron chi connectivity index (χ0n) is 17.0. The summed E-state index contributed by atoms with van der Waals surface area (Å²) < 4.78 is 9.53. The largest absolute Gasteiger partial charge is 0.462 e. The molecule has 32 heavy (non-hydrogen) atoms. The van der Waals surface area contributed by atoms with Gasteiger partial charge in [-0.2, -0.15) is 0 Å². The Bertz CT molecular complexity index is 939. The van der Waals surface area contributed by atoms with E-state index in [2.05, 4.69) is 0 Å². The van der Waals surface area contributed by atoms with Gasteiger partial charge in [0.05, 0.1) is 13.2 Å². The number of hydrogen-bond acceptors (Lipinski definition) is 8. The molecule has 0 aliphatic rings. The van der Waals surface area contributed by atoms with Crippen LogP contribution in [0.3, 0.4) is 0 Å². The Morgan fingerprint density at radius 3 is 1.25 bits per heavy atom. The summed E-state index contributed by atoms with van der Waals surface area (Å²) in [5.74, 6) is -4.58. The fraction of sp³-hybridized carbons (Fsp3) is 0.167. The lowest BCUT2D eigenvalue weighted by molar-refractivity contribution is -0.141. The summed E-state index contributed by atoms with van der Waals surface area (Å²) in [6.07, 6.45) is 0.996. The summed E-state index contributed by atoms with van der Waals surface area (Å²) in [7, 11) is 0. The Morgan fingerprint density at radius 2 is 0.906 bits per heavy atom. The molecular weight excluding hydrogens is 416 g/mol. The van der Waals surface area contributed by atoms with E-state index >= 15 is 0 Å². The topological polar surface area (TPSA) is 121 Å². The Morgan fingerprint density at radius 1 is 0.562 bits per heavy atom. The van der Waals surface area contributed by atoms with Gasteiger partial charge in [0.15, 0.2) is 0 Å². The van der Waals surface area contributed by atoms with Crippen LogP contribution in [0.25, 0.3) is 0 Å². The van der Waals surface area contributed by atoms with Crippen molar-refractivity contribution in [3.63, 3.8) is 0 Å². The summed E-state index contributed by atoms with van der Waals surface area (Å²) in [6.45, 7) is -0.655. The molecule has 2 aromatic carbocycles. The third kappa shape index (κ3) is 7.91. The van der Waals surface area contributed by atoms with Crippen molar-refractivity contribution in [3.8, 4) is 0 Å². The van der Waals surface area contributed by atoms with E-state index in [1.807, 2.05) is 0 Å². The molecule has 0 saturated heterocycles. The SMILES string of the molecule is O=C(/C=C/C(=O)OCCC(=O)C(=O)c1ccccc1)OCCC(=O)C(=O)c1ccccc1. The molecule has 0 aliphatic heterocycles. The van der Waals surface area contributed by atoms with Gasteiger partial charge in [0.2, 0.25) is 23.1 Å². The summed E-state index contributed by atoms with van der Waals surface area (Å²) in [5.41, 5.74) is 0.492. The first-order valence-corrected chi connectivity index (χ1v) is 9.65. The predicted molar refractivity (Wildman–Crippen MR) is 112 cm³/mol. The Labute approximate surface area is 183 Å². The number of hydrogen-bond donors (Lipinski definition) is 0. The predicted octanol–water partition coefficient (Wildman–Crippen LogP) is 2.31. The molecule has 0 aliphatic carbocycles. The van der Waals surface area contributed by atoms with Crippen molar-refractivity contribution >= 4 is 35.1 Å². The molecule has 0 aromatic heterocycles. The van der Waals surface area contributed by atoms with Crippen molar-refractivity contribution in [1.82, 2.24) is 0 Å². The van der Waals surface area contributed by atoms with Gasteiger partial charge in [0, 0.05) is 36.1 Å². The monoisotopic (exact) mass is 436 g/mol. The Balaban J connectivity index is 1.65. The molecule has 2 rings (SSSR count). The molecule has 0 spiro atoms. The third-order valence-electron chi connectivity index (χ3n) is 4.08. The van der Waals surface area contributed by atoms with Crippen molar-refractivity contribution in [2.45, 2.75) is 12.8 Å². The van der Waals surface area contributed by atoms with Gasteiger partial charge >= 0.3 is 11.9 Å². The molecule has 0 bridgehead atoms. The fourth-order valence-electron chi connectivity index (χ4n) is 2.45. The van der Waals surface area contributed by atoms with Crippen LogP contribution in [0.15, 0.2) is 72.8 Å². The number of esters is 2. The number of Topliss-reactive ketones (excluding diaryl/α,β-unsaturated/α-hetero) is 4. The third-order valence-corrected chi connectivity index (χ3v) is 4.08. The quantitative estimate of drug-likeness (QED) is 0.215. The molecule has 0 atom stereocenters. The second kappa shape index (κ2) is 12.5. The van der Waals surface area contributed by atoms with Gasteiger partial charge < -0.3 is 9.47 Å². The van der Waals surface area contributed by atoms with E-state index in [4.69, 9.17) is 9.47 Å². The van der Waals surface area contributed by atoms with E-state index in [1.54, 1.807) is 36.4 Å². The number of rotatable bonds is 12. The van der Waals surface area contributed by atoms with Gasteiger partial charge in [-0.15, -0.1) is 0 Å². The average Bonchev–Trinajstić information content (AvgIpc) is 2.82. The highest BCUT2D eigenvalue weighted by Gasteiger charge is 2.17. The molecule has 164 valence electrons. The van der Waals surface area contributed by atoms with Gasteiger partial charge in [-0.05, 0) is 0 Å². The molecule has 0 unspecified atom stereocenters. The van der Waals surface area contributed by atoms with Crippen LogP contribution in [-0.4, -0.2) is 48.3 Å². The highest BCUT2D eigenvalue weighted by atomic mass is 16.5. The Hall–Kier alpha value is -4.20. The lowest BCUT2D eigenvalue weighted by atomic mass is 10.1. The van der Waals surface area contributed by atoms with Gasteiger partial charge in [-0.1, -0.05) is 60.7 Å². The molecule has 0 amide bonds. The first-order valence-electron chi connectivity index (χ1n) is 9.65. The molecular formula is C24H20O8. The highest BCUT2D eigenvalue weighted by molar-refractivity contribution is 6.44. The second-order valence-corrected chi connectivity index (χ2v) is 6.40. The zero-order chi connectivity index (χ0) is 23.3. The number of carbonyl (C=O) groups is 6. The van der Waals surface area contributed by atoms with Crippen LogP contribution in [0.1, 0.15) is 33.6 Å².